The van der Waals surface area contributed by atoms with Gasteiger partial charge in [-0.2, -0.15) is 5.26 Å². The Morgan fingerprint density at radius 3 is 2.57 bits per heavy atom. The van der Waals surface area contributed by atoms with E-state index in [1.165, 1.54) is 11.1 Å². The van der Waals surface area contributed by atoms with Crippen molar-refractivity contribution in [3.05, 3.63) is 41.0 Å². The Morgan fingerprint density at radius 2 is 2.07 bits per heavy atom. The van der Waals surface area contributed by atoms with Crippen molar-refractivity contribution in [2.24, 2.45) is 0 Å². The quantitative estimate of drug-likeness (QED) is 0.645. The summed E-state index contributed by atoms with van der Waals surface area (Å²) in [4.78, 5) is 0. The van der Waals surface area contributed by atoms with E-state index in [1.54, 1.807) is 0 Å². The normalized spacial score (nSPS) is 11.1. The molecule has 1 aromatic carbocycles. The van der Waals surface area contributed by atoms with Crippen molar-refractivity contribution in [2.45, 2.75) is 27.2 Å². The minimum absolute atomic E-state index is 0.774. The molecule has 72 valence electrons. The van der Waals surface area contributed by atoms with Crippen LogP contribution in [0, 0.1) is 25.2 Å². The summed E-state index contributed by atoms with van der Waals surface area (Å²) in [7, 11) is 0. The van der Waals surface area contributed by atoms with Crippen LogP contribution in [-0.2, 0) is 0 Å². The molecule has 0 aliphatic heterocycles. The van der Waals surface area contributed by atoms with Crippen molar-refractivity contribution in [1.82, 2.24) is 0 Å². The third-order valence-electron chi connectivity index (χ3n) is 2.35. The molecule has 0 aliphatic rings. The molecule has 0 atom stereocenters. The van der Waals surface area contributed by atoms with Crippen LogP contribution in [0.1, 0.15) is 30.0 Å². The number of hydrogen-bond acceptors (Lipinski definition) is 1. The molecule has 0 radical (unpaired) electrons. The molecule has 0 spiro atoms. The zero-order valence-corrected chi connectivity index (χ0v) is 8.96. The molecular formula is C13H15N. The fourth-order valence-electron chi connectivity index (χ4n) is 1.34. The van der Waals surface area contributed by atoms with Crippen molar-refractivity contribution < 1.29 is 0 Å². The summed E-state index contributed by atoms with van der Waals surface area (Å²) in [5.41, 5.74) is 4.30. The average molecular weight is 185 g/mol. The summed E-state index contributed by atoms with van der Waals surface area (Å²) in [5, 5.41) is 8.95. The lowest BCUT2D eigenvalue weighted by molar-refractivity contribution is 1.22. The van der Waals surface area contributed by atoms with E-state index < -0.39 is 0 Å². The maximum absolute atomic E-state index is 8.95. The van der Waals surface area contributed by atoms with Crippen LogP contribution in [0.2, 0.25) is 0 Å². The Kier molecular flexibility index (Phi) is 3.48. The second-order valence-corrected chi connectivity index (χ2v) is 3.44. The van der Waals surface area contributed by atoms with Gasteiger partial charge in [-0.3, -0.25) is 0 Å². The first-order valence-electron chi connectivity index (χ1n) is 4.87. The molecule has 1 aromatic rings. The van der Waals surface area contributed by atoms with Crippen LogP contribution in [0.25, 0.3) is 5.57 Å². The fourth-order valence-corrected chi connectivity index (χ4v) is 1.34. The first kappa shape index (κ1) is 10.5. The van der Waals surface area contributed by atoms with Gasteiger partial charge in [0.15, 0.2) is 0 Å². The van der Waals surface area contributed by atoms with Crippen molar-refractivity contribution in [1.29, 1.82) is 5.26 Å². The van der Waals surface area contributed by atoms with Gasteiger partial charge in [-0.15, -0.1) is 0 Å². The van der Waals surface area contributed by atoms with E-state index in [0.717, 1.165) is 17.6 Å². The number of rotatable bonds is 2. The maximum atomic E-state index is 8.95. The van der Waals surface area contributed by atoms with Crippen molar-refractivity contribution in [2.75, 3.05) is 0 Å². The van der Waals surface area contributed by atoms with Crippen molar-refractivity contribution in [3.8, 4) is 6.07 Å². The zero-order valence-electron chi connectivity index (χ0n) is 8.96. The molecule has 1 nitrogen and oxygen atoms in total. The maximum Gasteiger partial charge on any atom is 0.0994 e. The highest BCUT2D eigenvalue weighted by Crippen LogP contribution is 2.17. The molecule has 0 saturated carbocycles. The van der Waals surface area contributed by atoms with E-state index in [9.17, 15) is 0 Å². The molecule has 0 saturated heterocycles. The minimum Gasteiger partial charge on any atom is -0.192 e. The third-order valence-corrected chi connectivity index (χ3v) is 2.35. The molecule has 1 heteroatoms. The van der Waals surface area contributed by atoms with E-state index >= 15 is 0 Å². The van der Waals surface area contributed by atoms with Gasteiger partial charge in [0.05, 0.1) is 11.6 Å². The number of allylic oxidation sites excluding steroid dienone is 2. The molecule has 0 N–H and O–H groups in total. The SMILES string of the molecule is CC/C=C(\C#N)c1ccc(C)c(C)c1. The largest absolute Gasteiger partial charge is 0.192 e. The number of nitrogens with zero attached hydrogens (tertiary/aromatic N) is 1. The van der Waals surface area contributed by atoms with Gasteiger partial charge in [0.1, 0.15) is 0 Å². The minimum atomic E-state index is 0.774. The molecular weight excluding hydrogens is 170 g/mol. The molecule has 0 amide bonds. The smallest absolute Gasteiger partial charge is 0.0994 e. The Labute approximate surface area is 85.7 Å². The second kappa shape index (κ2) is 4.62. The van der Waals surface area contributed by atoms with E-state index in [1.807, 2.05) is 19.1 Å². The van der Waals surface area contributed by atoms with Gasteiger partial charge in [0.25, 0.3) is 0 Å². The average Bonchev–Trinajstić information content (AvgIpc) is 2.19. The predicted octanol–water partition coefficient (Wildman–Crippen LogP) is 3.62. The number of nitriles is 1. The van der Waals surface area contributed by atoms with E-state index in [2.05, 4.69) is 32.0 Å². The van der Waals surface area contributed by atoms with Gasteiger partial charge in [-0.1, -0.05) is 31.2 Å². The Balaban J connectivity index is 3.14. The van der Waals surface area contributed by atoms with Crippen molar-refractivity contribution >= 4 is 5.57 Å². The van der Waals surface area contributed by atoms with Crippen LogP contribution < -0.4 is 0 Å². The van der Waals surface area contributed by atoms with Crippen molar-refractivity contribution in [3.63, 3.8) is 0 Å². The summed E-state index contributed by atoms with van der Waals surface area (Å²) in [6, 6.07) is 8.36. The Bertz CT molecular complexity index is 394. The first-order chi connectivity index (χ1) is 6.69. The van der Waals surface area contributed by atoms with Crippen LogP contribution in [-0.4, -0.2) is 0 Å². The highest BCUT2D eigenvalue weighted by molar-refractivity contribution is 5.77. The summed E-state index contributed by atoms with van der Waals surface area (Å²) in [5.74, 6) is 0. The highest BCUT2D eigenvalue weighted by Gasteiger charge is 2.00. The van der Waals surface area contributed by atoms with E-state index in [0.29, 0.717) is 0 Å². The molecule has 0 fully saturated rings. The van der Waals surface area contributed by atoms with Gasteiger partial charge >= 0.3 is 0 Å². The van der Waals surface area contributed by atoms with E-state index in [4.69, 9.17) is 5.26 Å². The zero-order chi connectivity index (χ0) is 10.6. The van der Waals surface area contributed by atoms with Gasteiger partial charge in [0.2, 0.25) is 0 Å². The van der Waals surface area contributed by atoms with Crippen LogP contribution in [0.3, 0.4) is 0 Å². The molecule has 1 rings (SSSR count). The summed E-state index contributed by atoms with van der Waals surface area (Å²) >= 11 is 0. The second-order valence-electron chi connectivity index (χ2n) is 3.44. The lowest BCUT2D eigenvalue weighted by Crippen LogP contribution is -1.86. The van der Waals surface area contributed by atoms with Gasteiger partial charge in [-0.05, 0) is 37.0 Å². The first-order valence-corrected chi connectivity index (χ1v) is 4.87. The topological polar surface area (TPSA) is 23.8 Å². The predicted molar refractivity (Wildman–Crippen MR) is 59.8 cm³/mol. The Morgan fingerprint density at radius 1 is 1.36 bits per heavy atom. The molecule has 0 bridgehead atoms. The van der Waals surface area contributed by atoms with Crippen LogP contribution in [0.5, 0.6) is 0 Å². The van der Waals surface area contributed by atoms with Crippen LogP contribution in [0.4, 0.5) is 0 Å². The molecule has 0 heterocycles. The number of aryl methyl sites for hydroxylation is 2. The van der Waals surface area contributed by atoms with Gasteiger partial charge in [-0.25, -0.2) is 0 Å². The van der Waals surface area contributed by atoms with E-state index in [-0.39, 0.29) is 0 Å². The number of benzene rings is 1. The molecule has 0 unspecified atom stereocenters. The standard InChI is InChI=1S/C13H15N/c1-4-5-13(9-14)12-7-6-10(2)11(3)8-12/h5-8H,4H2,1-3H3/b13-5+. The summed E-state index contributed by atoms with van der Waals surface area (Å²) in [6.07, 6.45) is 2.86. The van der Waals surface area contributed by atoms with Gasteiger partial charge < -0.3 is 0 Å². The third kappa shape index (κ3) is 2.23. The monoisotopic (exact) mass is 185 g/mol. The van der Waals surface area contributed by atoms with Crippen LogP contribution >= 0.6 is 0 Å². The fraction of sp³-hybridized carbons (Fsp3) is 0.308. The lowest BCUT2D eigenvalue weighted by atomic mass is 10.0. The highest BCUT2D eigenvalue weighted by atomic mass is 14.2. The molecule has 14 heavy (non-hydrogen) atoms. The Hall–Kier alpha value is -1.55. The molecule has 0 aliphatic carbocycles. The summed E-state index contributed by atoms with van der Waals surface area (Å²) < 4.78 is 0. The number of hydrogen-bond donors (Lipinski definition) is 0. The summed E-state index contributed by atoms with van der Waals surface area (Å²) in [6.45, 7) is 6.19. The molecule has 0 aromatic heterocycles. The van der Waals surface area contributed by atoms with Crippen LogP contribution in [0.15, 0.2) is 24.3 Å². The lowest BCUT2D eigenvalue weighted by Gasteiger charge is -2.03. The van der Waals surface area contributed by atoms with Gasteiger partial charge in [0, 0.05) is 0 Å².